The summed E-state index contributed by atoms with van der Waals surface area (Å²) in [6.45, 7) is 4.89. The summed E-state index contributed by atoms with van der Waals surface area (Å²) < 4.78 is 4.52. The van der Waals surface area contributed by atoms with Crippen molar-refractivity contribution in [1.29, 1.82) is 0 Å². The van der Waals surface area contributed by atoms with Crippen LogP contribution in [-0.4, -0.2) is 78.9 Å². The molecule has 35 heavy (non-hydrogen) atoms. The molecule has 1 aromatic heterocycles. The molecule has 3 fully saturated rings. The lowest BCUT2D eigenvalue weighted by molar-refractivity contribution is -0.160. The number of aromatic nitrogens is 1. The van der Waals surface area contributed by atoms with Crippen LogP contribution in [0.3, 0.4) is 0 Å². The highest BCUT2D eigenvalue weighted by molar-refractivity contribution is 8.01. The van der Waals surface area contributed by atoms with Gasteiger partial charge in [0.15, 0.2) is 10.8 Å². The number of fused-ring (bicyclic) bond motifs is 1. The molecule has 0 radical (unpaired) electrons. The van der Waals surface area contributed by atoms with Gasteiger partial charge in [-0.05, 0) is 39.5 Å². The summed E-state index contributed by atoms with van der Waals surface area (Å²) in [4.78, 5) is 59.8. The third-order valence-corrected chi connectivity index (χ3v) is 8.43. The number of nitrogens with two attached hydrogens (primary N) is 1. The van der Waals surface area contributed by atoms with E-state index < -0.39 is 40.0 Å². The Morgan fingerprint density at radius 2 is 1.91 bits per heavy atom. The minimum absolute atomic E-state index is 0.122. The normalized spacial score (nSPS) is 29.7. The molecule has 0 unspecified atom stereocenters. The van der Waals surface area contributed by atoms with E-state index in [2.05, 4.69) is 15.5 Å². The van der Waals surface area contributed by atoms with Crippen LogP contribution >= 0.6 is 23.1 Å². The molecule has 3 aliphatic rings. The van der Waals surface area contributed by atoms with E-state index in [1.807, 2.05) is 0 Å². The molecule has 3 heterocycles. The Bertz CT molecular complexity index is 1070. The molecule has 190 valence electrons. The predicted octanol–water partition coefficient (Wildman–Crippen LogP) is 0.952. The molecule has 12 nitrogen and oxygen atoms in total. The maximum Gasteiger partial charge on any atom is 0.327 e. The van der Waals surface area contributed by atoms with Crippen LogP contribution in [0.25, 0.3) is 0 Å². The number of carbonyl (C=O) groups is 4. The van der Waals surface area contributed by atoms with Crippen molar-refractivity contribution >= 4 is 57.7 Å². The quantitative estimate of drug-likeness (QED) is 0.201. The van der Waals surface area contributed by atoms with Crippen LogP contribution in [0.1, 0.15) is 52.1 Å². The molecule has 4 rings (SSSR count). The Kier molecular flexibility index (Phi) is 6.95. The fourth-order valence-corrected chi connectivity index (χ4v) is 6.75. The third kappa shape index (κ3) is 5.08. The lowest BCUT2D eigenvalue weighted by atomic mass is 9.95. The Labute approximate surface area is 209 Å². The van der Waals surface area contributed by atoms with Crippen molar-refractivity contribution in [1.82, 2.24) is 15.2 Å². The van der Waals surface area contributed by atoms with Crippen LogP contribution in [0.4, 0.5) is 5.13 Å². The molecular formula is C21H27N5O7S2. The molecule has 2 saturated heterocycles. The van der Waals surface area contributed by atoms with E-state index in [1.54, 1.807) is 19.2 Å². The molecule has 1 aliphatic carbocycles. The highest BCUT2D eigenvalue weighted by Gasteiger charge is 2.64. The minimum Gasteiger partial charge on any atom is -0.480 e. The van der Waals surface area contributed by atoms with Gasteiger partial charge in [0, 0.05) is 17.1 Å². The van der Waals surface area contributed by atoms with E-state index in [0.717, 1.165) is 11.3 Å². The zero-order valence-corrected chi connectivity index (χ0v) is 21.1. The molecular weight excluding hydrogens is 498 g/mol. The van der Waals surface area contributed by atoms with Crippen molar-refractivity contribution in [3.8, 4) is 0 Å². The summed E-state index contributed by atoms with van der Waals surface area (Å²) in [6, 6.07) is -1.87. The number of rotatable bonds is 7. The highest BCUT2D eigenvalue weighted by atomic mass is 32.2. The van der Waals surface area contributed by atoms with Gasteiger partial charge in [-0.15, -0.1) is 23.1 Å². The van der Waals surface area contributed by atoms with Crippen molar-refractivity contribution < 1.29 is 33.9 Å². The maximum absolute atomic E-state index is 13.2. The van der Waals surface area contributed by atoms with Crippen molar-refractivity contribution in [2.45, 2.75) is 80.9 Å². The lowest BCUT2D eigenvalue weighted by Gasteiger charge is -2.43. The predicted molar refractivity (Wildman–Crippen MR) is 128 cm³/mol. The van der Waals surface area contributed by atoms with Crippen molar-refractivity contribution in [3.05, 3.63) is 11.1 Å². The fourth-order valence-electron chi connectivity index (χ4n) is 4.57. The molecule has 3 atom stereocenters. The highest BCUT2D eigenvalue weighted by Crippen LogP contribution is 2.50. The average molecular weight is 526 g/mol. The SMILES string of the molecule is CC(=O)O[C@H]1CC[C@H](O/N=C(\C(=O)N[C@@H]2C(=O)N3[C@@H]2SC(C)(C)[C@@H]3C(=O)O)c2csc(N)n2)CC1. The number of esters is 1. The van der Waals surface area contributed by atoms with Gasteiger partial charge >= 0.3 is 11.9 Å². The summed E-state index contributed by atoms with van der Waals surface area (Å²) in [5.74, 6) is -2.54. The zero-order chi connectivity index (χ0) is 25.5. The number of ether oxygens (including phenoxy) is 1. The van der Waals surface area contributed by atoms with Crippen LogP contribution in [0.2, 0.25) is 0 Å². The van der Waals surface area contributed by atoms with Gasteiger partial charge in [0.2, 0.25) is 5.91 Å². The molecule has 1 saturated carbocycles. The standard InChI is InChI=1S/C21H27N5O7S2/c1-9(27)32-10-4-6-11(7-5-10)33-25-13(12-8-34-20(22)23-12)16(28)24-14-17(29)26-15(19(30)31)21(2,3)35-18(14)26/h8,10-11,14-15,18H,4-7H2,1-3H3,(H2,22,23)(H,24,28)(H,30,31)/b25-13-/t10-,11-,14-,15+,18-/m1/s1. The first-order valence-electron chi connectivity index (χ1n) is 11.1. The zero-order valence-electron chi connectivity index (χ0n) is 19.4. The van der Waals surface area contributed by atoms with Gasteiger partial charge in [-0.2, -0.15) is 0 Å². The first-order valence-corrected chi connectivity index (χ1v) is 12.9. The van der Waals surface area contributed by atoms with Crippen LogP contribution in [0.5, 0.6) is 0 Å². The molecule has 0 aromatic carbocycles. The van der Waals surface area contributed by atoms with Crippen molar-refractivity contribution in [3.63, 3.8) is 0 Å². The minimum atomic E-state index is -1.08. The Hall–Kier alpha value is -2.87. The number of nitrogens with one attached hydrogen (secondary N) is 1. The number of hydrogen-bond donors (Lipinski definition) is 3. The number of aliphatic carboxylic acids is 1. The molecule has 0 bridgehead atoms. The number of thioether (sulfide) groups is 1. The molecule has 2 amide bonds. The number of amides is 2. The number of nitrogens with zero attached hydrogens (tertiary/aromatic N) is 3. The summed E-state index contributed by atoms with van der Waals surface area (Å²) in [5, 5.41) is 17.6. The number of anilines is 1. The number of carboxylic acids is 1. The van der Waals surface area contributed by atoms with Crippen LogP contribution in [0, 0.1) is 0 Å². The summed E-state index contributed by atoms with van der Waals surface area (Å²) in [6.07, 6.45) is 2.00. The molecule has 0 spiro atoms. The monoisotopic (exact) mass is 525 g/mol. The maximum atomic E-state index is 13.2. The average Bonchev–Trinajstić information content (AvgIpc) is 3.31. The molecule has 14 heteroatoms. The van der Waals surface area contributed by atoms with Crippen LogP contribution in [-0.2, 0) is 28.8 Å². The van der Waals surface area contributed by atoms with Gasteiger partial charge < -0.3 is 30.6 Å². The number of carbonyl (C=O) groups excluding carboxylic acids is 3. The fraction of sp³-hybridized carbons (Fsp3) is 0.619. The van der Waals surface area contributed by atoms with Crippen molar-refractivity contribution in [2.24, 2.45) is 5.16 Å². The van der Waals surface area contributed by atoms with Crippen molar-refractivity contribution in [2.75, 3.05) is 5.73 Å². The van der Waals surface area contributed by atoms with Gasteiger partial charge in [-0.25, -0.2) is 9.78 Å². The van der Waals surface area contributed by atoms with Gasteiger partial charge in [0.05, 0.1) is 0 Å². The largest absolute Gasteiger partial charge is 0.480 e. The van der Waals surface area contributed by atoms with E-state index in [4.69, 9.17) is 15.3 Å². The van der Waals surface area contributed by atoms with Crippen LogP contribution in [0.15, 0.2) is 10.5 Å². The lowest BCUT2D eigenvalue weighted by Crippen LogP contribution is -2.71. The Morgan fingerprint density at radius 3 is 2.49 bits per heavy atom. The summed E-state index contributed by atoms with van der Waals surface area (Å²) in [7, 11) is 0. The number of carboxylic acid groups (broad SMARTS) is 1. The molecule has 1 aromatic rings. The third-order valence-electron chi connectivity index (χ3n) is 6.19. The van der Waals surface area contributed by atoms with Gasteiger partial charge in [0.25, 0.3) is 5.91 Å². The second-order valence-corrected chi connectivity index (χ2v) is 11.8. The van der Waals surface area contributed by atoms with Crippen LogP contribution < -0.4 is 11.1 Å². The molecule has 4 N–H and O–H groups in total. The van der Waals surface area contributed by atoms with E-state index >= 15 is 0 Å². The second kappa shape index (κ2) is 9.64. The van der Waals surface area contributed by atoms with E-state index in [9.17, 15) is 24.3 Å². The van der Waals surface area contributed by atoms with Gasteiger partial charge in [-0.3, -0.25) is 14.4 Å². The smallest absolute Gasteiger partial charge is 0.327 e. The number of oxime groups is 1. The first kappa shape index (κ1) is 25.2. The number of thiazole rings is 1. The van der Waals surface area contributed by atoms with E-state index in [0.29, 0.717) is 25.7 Å². The first-order chi connectivity index (χ1) is 16.5. The van der Waals surface area contributed by atoms with Gasteiger partial charge in [0.1, 0.15) is 35.4 Å². The number of β-lactam (4-membered cyclic amide) rings is 1. The molecule has 2 aliphatic heterocycles. The Balaban J connectivity index is 1.45. The Morgan fingerprint density at radius 1 is 1.26 bits per heavy atom. The van der Waals surface area contributed by atoms with Gasteiger partial charge in [-0.1, -0.05) is 5.16 Å². The summed E-state index contributed by atoms with van der Waals surface area (Å²) in [5.41, 5.74) is 5.82. The summed E-state index contributed by atoms with van der Waals surface area (Å²) >= 11 is 2.46. The number of nitrogen functional groups attached to an aromatic ring is 1. The van der Waals surface area contributed by atoms with E-state index in [1.165, 1.54) is 23.6 Å². The number of hydrogen-bond acceptors (Lipinski definition) is 11. The van der Waals surface area contributed by atoms with E-state index in [-0.39, 0.29) is 34.7 Å². The second-order valence-electron chi connectivity index (χ2n) is 9.17. The topological polar surface area (TPSA) is 174 Å².